The van der Waals surface area contributed by atoms with Crippen molar-refractivity contribution in [2.45, 2.75) is 64.6 Å². The van der Waals surface area contributed by atoms with E-state index in [1.807, 2.05) is 13.8 Å². The maximum atomic E-state index is 12.5. The van der Waals surface area contributed by atoms with E-state index in [2.05, 4.69) is 15.2 Å². The highest BCUT2D eigenvalue weighted by atomic mass is 127. The molecule has 2 aliphatic rings. The Morgan fingerprint density at radius 3 is 2.27 bits per heavy atom. The maximum Gasteiger partial charge on any atom is 0.216 e. The fourth-order valence-electron chi connectivity index (χ4n) is 3.83. The van der Waals surface area contributed by atoms with Gasteiger partial charge in [0.05, 0.1) is 31.2 Å². The Kier molecular flexibility index (Phi) is 13.8. The monoisotopic (exact) mass is 560 g/mol. The van der Waals surface area contributed by atoms with Crippen LogP contribution in [0.15, 0.2) is 4.99 Å². The second-order valence-corrected chi connectivity index (χ2v) is 10.2. The SMILES string of the molecule is CN=C(NCCOC1CCCCCC1)N1CCN(S(=O)(=O)CCOC(C)C)CC1.I. The van der Waals surface area contributed by atoms with Crippen molar-refractivity contribution in [1.82, 2.24) is 14.5 Å². The number of halogens is 1. The predicted octanol–water partition coefficient (Wildman–Crippen LogP) is 2.29. The Bertz CT molecular complexity index is 588. The number of rotatable bonds is 9. The second-order valence-electron chi connectivity index (χ2n) is 8.08. The van der Waals surface area contributed by atoms with Crippen LogP contribution in [0, 0.1) is 0 Å². The lowest BCUT2D eigenvalue weighted by Crippen LogP contribution is -2.54. The maximum absolute atomic E-state index is 12.5. The molecule has 0 atom stereocenters. The van der Waals surface area contributed by atoms with Gasteiger partial charge in [-0.05, 0) is 26.7 Å². The zero-order valence-electron chi connectivity index (χ0n) is 18.8. The molecule has 0 unspecified atom stereocenters. The van der Waals surface area contributed by atoms with E-state index in [1.54, 1.807) is 11.4 Å². The van der Waals surface area contributed by atoms with E-state index in [9.17, 15) is 8.42 Å². The van der Waals surface area contributed by atoms with Crippen LogP contribution in [0.25, 0.3) is 0 Å². The Balaban J connectivity index is 0.00000450. The first kappa shape index (κ1) is 27.9. The van der Waals surface area contributed by atoms with Gasteiger partial charge >= 0.3 is 0 Å². The minimum atomic E-state index is -3.27. The molecule has 0 aromatic carbocycles. The summed E-state index contributed by atoms with van der Waals surface area (Å²) >= 11 is 0. The van der Waals surface area contributed by atoms with Crippen LogP contribution in [0.1, 0.15) is 52.4 Å². The van der Waals surface area contributed by atoms with Crippen LogP contribution in [0.2, 0.25) is 0 Å². The van der Waals surface area contributed by atoms with Crippen molar-refractivity contribution in [3.8, 4) is 0 Å². The van der Waals surface area contributed by atoms with Gasteiger partial charge in [-0.3, -0.25) is 4.99 Å². The Hall–Kier alpha value is -0.170. The van der Waals surface area contributed by atoms with Gasteiger partial charge in [0.15, 0.2) is 5.96 Å². The molecule has 30 heavy (non-hydrogen) atoms. The highest BCUT2D eigenvalue weighted by molar-refractivity contribution is 14.0. The summed E-state index contributed by atoms with van der Waals surface area (Å²) in [6, 6.07) is 0. The molecule has 1 saturated carbocycles. The number of ether oxygens (including phenoxy) is 2. The first-order valence-corrected chi connectivity index (χ1v) is 12.7. The van der Waals surface area contributed by atoms with Crippen molar-refractivity contribution in [2.24, 2.45) is 4.99 Å². The first-order valence-electron chi connectivity index (χ1n) is 11.1. The summed E-state index contributed by atoms with van der Waals surface area (Å²) in [6.45, 7) is 7.66. The van der Waals surface area contributed by atoms with Crippen LogP contribution in [0.4, 0.5) is 0 Å². The smallest absolute Gasteiger partial charge is 0.216 e. The number of piperazine rings is 1. The van der Waals surface area contributed by atoms with Gasteiger partial charge in [0.25, 0.3) is 0 Å². The van der Waals surface area contributed by atoms with Crippen LogP contribution < -0.4 is 5.32 Å². The number of hydrogen-bond donors (Lipinski definition) is 1. The van der Waals surface area contributed by atoms with E-state index in [-0.39, 0.29) is 42.4 Å². The minimum Gasteiger partial charge on any atom is -0.378 e. The van der Waals surface area contributed by atoms with Crippen molar-refractivity contribution in [3.05, 3.63) is 0 Å². The fraction of sp³-hybridized carbons (Fsp3) is 0.950. The van der Waals surface area contributed by atoms with Gasteiger partial charge < -0.3 is 19.7 Å². The van der Waals surface area contributed by atoms with Crippen LogP contribution in [0.5, 0.6) is 0 Å². The van der Waals surface area contributed by atoms with Gasteiger partial charge in [-0.25, -0.2) is 8.42 Å². The summed E-state index contributed by atoms with van der Waals surface area (Å²) in [6.07, 6.45) is 8.00. The van der Waals surface area contributed by atoms with E-state index in [0.29, 0.717) is 45.4 Å². The lowest BCUT2D eigenvalue weighted by molar-refractivity contribution is 0.0465. The van der Waals surface area contributed by atoms with E-state index >= 15 is 0 Å². The molecule has 0 spiro atoms. The zero-order valence-corrected chi connectivity index (χ0v) is 22.0. The Morgan fingerprint density at radius 1 is 1.07 bits per heavy atom. The van der Waals surface area contributed by atoms with Crippen molar-refractivity contribution >= 4 is 40.0 Å². The van der Waals surface area contributed by atoms with Crippen molar-refractivity contribution in [3.63, 3.8) is 0 Å². The molecule has 0 aromatic heterocycles. The molecule has 0 aromatic rings. The third kappa shape index (κ3) is 9.97. The summed E-state index contributed by atoms with van der Waals surface area (Å²) < 4.78 is 37.9. The quantitative estimate of drug-likeness (QED) is 0.153. The lowest BCUT2D eigenvalue weighted by atomic mass is 10.1. The standard InChI is InChI=1S/C20H40N4O4S.HI/c1-18(2)27-16-17-29(25,26)24-13-11-23(12-14-24)20(21-3)22-10-15-28-19-8-6-4-5-7-9-19;/h18-19H,4-17H2,1-3H3,(H,21,22);1H. The molecule has 178 valence electrons. The molecule has 1 saturated heterocycles. The molecule has 2 fully saturated rings. The van der Waals surface area contributed by atoms with Gasteiger partial charge in [-0.1, -0.05) is 25.7 Å². The topological polar surface area (TPSA) is 83.5 Å². The van der Waals surface area contributed by atoms with Crippen LogP contribution in [0.3, 0.4) is 0 Å². The van der Waals surface area contributed by atoms with Gasteiger partial charge in [0.1, 0.15) is 0 Å². The summed E-state index contributed by atoms with van der Waals surface area (Å²) in [5, 5.41) is 3.36. The number of aliphatic imine (C=N–C) groups is 1. The average Bonchev–Trinajstić information content (AvgIpc) is 2.97. The number of sulfonamides is 1. The van der Waals surface area contributed by atoms with E-state index in [0.717, 1.165) is 5.96 Å². The normalized spacial score (nSPS) is 20.1. The highest BCUT2D eigenvalue weighted by Gasteiger charge is 2.28. The Labute approximate surface area is 200 Å². The van der Waals surface area contributed by atoms with Gasteiger partial charge in [-0.15, -0.1) is 24.0 Å². The number of nitrogens with one attached hydrogen (secondary N) is 1. The minimum absolute atomic E-state index is 0. The van der Waals surface area contributed by atoms with Gasteiger partial charge in [0, 0.05) is 39.8 Å². The van der Waals surface area contributed by atoms with E-state index < -0.39 is 10.0 Å². The lowest BCUT2D eigenvalue weighted by Gasteiger charge is -2.35. The van der Waals surface area contributed by atoms with Crippen LogP contribution in [-0.2, 0) is 19.5 Å². The number of nitrogens with zero attached hydrogens (tertiary/aromatic N) is 3. The molecular weight excluding hydrogens is 519 g/mol. The molecule has 1 N–H and O–H groups in total. The third-order valence-corrected chi connectivity index (χ3v) is 7.31. The molecule has 2 rings (SSSR count). The van der Waals surface area contributed by atoms with Crippen LogP contribution >= 0.6 is 24.0 Å². The molecule has 0 bridgehead atoms. The highest BCUT2D eigenvalue weighted by Crippen LogP contribution is 2.19. The average molecular weight is 561 g/mol. The summed E-state index contributed by atoms with van der Waals surface area (Å²) in [5.74, 6) is 0.853. The van der Waals surface area contributed by atoms with E-state index in [1.165, 1.54) is 38.5 Å². The Morgan fingerprint density at radius 2 is 1.70 bits per heavy atom. The molecule has 1 aliphatic heterocycles. The van der Waals surface area contributed by atoms with Crippen molar-refractivity contribution in [2.75, 3.05) is 58.7 Å². The second kappa shape index (κ2) is 14.8. The van der Waals surface area contributed by atoms with Gasteiger partial charge in [-0.2, -0.15) is 4.31 Å². The largest absolute Gasteiger partial charge is 0.378 e. The van der Waals surface area contributed by atoms with Crippen molar-refractivity contribution in [1.29, 1.82) is 0 Å². The number of hydrogen-bond acceptors (Lipinski definition) is 5. The first-order chi connectivity index (χ1) is 13.9. The van der Waals surface area contributed by atoms with Gasteiger partial charge in [0.2, 0.25) is 10.0 Å². The molecule has 0 radical (unpaired) electrons. The fourth-order valence-corrected chi connectivity index (χ4v) is 5.11. The third-order valence-electron chi connectivity index (χ3n) is 5.48. The summed E-state index contributed by atoms with van der Waals surface area (Å²) in [4.78, 5) is 6.47. The van der Waals surface area contributed by atoms with E-state index in [4.69, 9.17) is 9.47 Å². The molecule has 1 heterocycles. The summed E-state index contributed by atoms with van der Waals surface area (Å²) in [7, 11) is -1.51. The molecule has 1 aliphatic carbocycles. The van der Waals surface area contributed by atoms with Crippen LogP contribution in [-0.4, -0.2) is 94.5 Å². The zero-order chi connectivity index (χ0) is 21.1. The number of guanidine groups is 1. The molecule has 10 heteroatoms. The molecular formula is C20H41IN4O4S. The molecule has 0 amide bonds. The molecule has 8 nitrogen and oxygen atoms in total. The summed E-state index contributed by atoms with van der Waals surface area (Å²) in [5.41, 5.74) is 0. The predicted molar refractivity (Wildman–Crippen MR) is 132 cm³/mol. The van der Waals surface area contributed by atoms with Crippen molar-refractivity contribution < 1.29 is 17.9 Å².